The zero-order valence-corrected chi connectivity index (χ0v) is 6.99. The van der Waals surface area contributed by atoms with Gasteiger partial charge in [-0.25, -0.2) is 0 Å². The van der Waals surface area contributed by atoms with Gasteiger partial charge in [-0.1, -0.05) is 6.92 Å². The molecule has 1 heterocycles. The minimum Gasteiger partial charge on any atom is -0.468 e. The maximum Gasteiger partial charge on any atom is 0.113 e. The van der Waals surface area contributed by atoms with Crippen molar-refractivity contribution in [2.75, 3.05) is 5.75 Å². The molecule has 0 amide bonds. The van der Waals surface area contributed by atoms with Crippen molar-refractivity contribution in [3.8, 4) is 0 Å². The first kappa shape index (κ1) is 7.73. The molecule has 2 heteroatoms. The van der Waals surface area contributed by atoms with Gasteiger partial charge in [-0.2, -0.15) is 11.8 Å². The molecule has 1 nitrogen and oxygen atoms in total. The molecule has 0 saturated carbocycles. The summed E-state index contributed by atoms with van der Waals surface area (Å²) in [5.41, 5.74) is 0. The highest BCUT2D eigenvalue weighted by Crippen LogP contribution is 2.12. The molecule has 0 aliphatic carbocycles. The van der Waals surface area contributed by atoms with Crippen molar-refractivity contribution >= 4 is 11.8 Å². The van der Waals surface area contributed by atoms with Crippen LogP contribution in [0.2, 0.25) is 0 Å². The number of furan rings is 1. The van der Waals surface area contributed by atoms with Crippen molar-refractivity contribution in [2.24, 2.45) is 0 Å². The van der Waals surface area contributed by atoms with Crippen LogP contribution in [0.5, 0.6) is 0 Å². The topological polar surface area (TPSA) is 13.1 Å². The molecule has 0 unspecified atom stereocenters. The van der Waals surface area contributed by atoms with Crippen LogP contribution in [0.25, 0.3) is 0 Å². The summed E-state index contributed by atoms with van der Waals surface area (Å²) in [5.74, 6) is 3.32. The third-order valence-electron chi connectivity index (χ3n) is 1.17. The Bertz CT molecular complexity index is 158. The van der Waals surface area contributed by atoms with Crippen molar-refractivity contribution in [2.45, 2.75) is 19.1 Å². The first-order valence-electron chi connectivity index (χ1n) is 3.53. The summed E-state index contributed by atoms with van der Waals surface area (Å²) in [7, 11) is 0. The first-order valence-corrected chi connectivity index (χ1v) is 4.69. The van der Waals surface area contributed by atoms with Crippen LogP contribution in [0.4, 0.5) is 0 Å². The summed E-state index contributed by atoms with van der Waals surface area (Å²) in [5, 5.41) is 0. The average Bonchev–Trinajstić information content (AvgIpc) is 2.41. The van der Waals surface area contributed by atoms with Crippen molar-refractivity contribution in [1.82, 2.24) is 0 Å². The van der Waals surface area contributed by atoms with E-state index < -0.39 is 0 Å². The summed E-state index contributed by atoms with van der Waals surface area (Å²) < 4.78 is 5.16. The van der Waals surface area contributed by atoms with E-state index in [0.29, 0.717) is 0 Å². The molecule has 0 spiro atoms. The molecule has 56 valence electrons. The van der Waals surface area contributed by atoms with E-state index in [-0.39, 0.29) is 0 Å². The Morgan fingerprint density at radius 3 is 3.10 bits per heavy atom. The Morgan fingerprint density at radius 2 is 2.50 bits per heavy atom. The average molecular weight is 156 g/mol. The zero-order chi connectivity index (χ0) is 7.23. The van der Waals surface area contributed by atoms with Crippen LogP contribution in [0, 0.1) is 0 Å². The molecule has 0 radical (unpaired) electrons. The standard InChI is InChI=1S/C8H12OS/c1-2-6-10-7-8-4-3-5-9-8/h3-5H,2,6-7H2,1H3. The molecule has 0 fully saturated rings. The van der Waals surface area contributed by atoms with Gasteiger partial charge >= 0.3 is 0 Å². The molecule has 0 aliphatic rings. The Morgan fingerprint density at radius 1 is 1.60 bits per heavy atom. The van der Waals surface area contributed by atoms with Crippen LogP contribution < -0.4 is 0 Å². The Kier molecular flexibility index (Phi) is 3.44. The van der Waals surface area contributed by atoms with Gasteiger partial charge in [0.15, 0.2) is 0 Å². The highest BCUT2D eigenvalue weighted by atomic mass is 32.2. The van der Waals surface area contributed by atoms with Crippen molar-refractivity contribution in [1.29, 1.82) is 0 Å². The van der Waals surface area contributed by atoms with Crippen LogP contribution in [-0.4, -0.2) is 5.75 Å². The third-order valence-corrected chi connectivity index (χ3v) is 2.36. The van der Waals surface area contributed by atoms with Gasteiger partial charge in [-0.3, -0.25) is 0 Å². The summed E-state index contributed by atoms with van der Waals surface area (Å²) in [6.07, 6.45) is 2.97. The number of hydrogen-bond donors (Lipinski definition) is 0. The second-order valence-corrected chi connectivity index (χ2v) is 3.24. The molecular weight excluding hydrogens is 144 g/mol. The van der Waals surface area contributed by atoms with E-state index in [1.165, 1.54) is 12.2 Å². The number of thioether (sulfide) groups is 1. The van der Waals surface area contributed by atoms with Crippen molar-refractivity contribution in [3.63, 3.8) is 0 Å². The van der Waals surface area contributed by atoms with E-state index >= 15 is 0 Å². The van der Waals surface area contributed by atoms with Crippen LogP contribution in [0.15, 0.2) is 22.8 Å². The van der Waals surface area contributed by atoms with Gasteiger partial charge in [0.1, 0.15) is 5.76 Å². The first-order chi connectivity index (χ1) is 4.93. The second-order valence-electron chi connectivity index (χ2n) is 2.13. The molecule has 10 heavy (non-hydrogen) atoms. The van der Waals surface area contributed by atoms with E-state index in [4.69, 9.17) is 4.42 Å². The Balaban J connectivity index is 2.15. The monoisotopic (exact) mass is 156 g/mol. The summed E-state index contributed by atoms with van der Waals surface area (Å²) in [6, 6.07) is 3.95. The minimum atomic E-state index is 1.01. The van der Waals surface area contributed by atoms with E-state index in [2.05, 4.69) is 6.92 Å². The fourth-order valence-electron chi connectivity index (χ4n) is 0.712. The summed E-state index contributed by atoms with van der Waals surface area (Å²) in [4.78, 5) is 0. The van der Waals surface area contributed by atoms with Gasteiger partial charge in [0.25, 0.3) is 0 Å². The molecule has 0 bridgehead atoms. The Hall–Kier alpha value is -0.370. The predicted octanol–water partition coefficient (Wildman–Crippen LogP) is 2.92. The van der Waals surface area contributed by atoms with Gasteiger partial charge in [-0.05, 0) is 24.3 Å². The van der Waals surface area contributed by atoms with Gasteiger partial charge in [0, 0.05) is 0 Å². The lowest BCUT2D eigenvalue weighted by atomic mass is 10.5. The number of rotatable bonds is 4. The highest BCUT2D eigenvalue weighted by Gasteiger charge is 1.92. The number of hydrogen-bond acceptors (Lipinski definition) is 2. The van der Waals surface area contributed by atoms with E-state index in [0.717, 1.165) is 11.5 Å². The lowest BCUT2D eigenvalue weighted by Crippen LogP contribution is -1.77. The summed E-state index contributed by atoms with van der Waals surface area (Å²) in [6.45, 7) is 2.19. The lowest BCUT2D eigenvalue weighted by molar-refractivity contribution is 0.530. The van der Waals surface area contributed by atoms with Crippen LogP contribution in [0.3, 0.4) is 0 Å². The molecule has 0 aromatic carbocycles. The molecular formula is C8H12OS. The van der Waals surface area contributed by atoms with Crippen LogP contribution in [0.1, 0.15) is 19.1 Å². The molecule has 1 aromatic heterocycles. The largest absolute Gasteiger partial charge is 0.468 e. The van der Waals surface area contributed by atoms with E-state index in [1.54, 1.807) is 6.26 Å². The van der Waals surface area contributed by atoms with Gasteiger partial charge in [0.05, 0.1) is 12.0 Å². The van der Waals surface area contributed by atoms with Crippen LogP contribution >= 0.6 is 11.8 Å². The molecule has 0 aliphatic heterocycles. The minimum absolute atomic E-state index is 1.01. The van der Waals surface area contributed by atoms with Crippen LogP contribution in [-0.2, 0) is 5.75 Å². The normalized spacial score (nSPS) is 10.1. The molecule has 1 rings (SSSR count). The predicted molar refractivity (Wildman–Crippen MR) is 45.2 cm³/mol. The van der Waals surface area contributed by atoms with Gasteiger partial charge in [0.2, 0.25) is 0 Å². The van der Waals surface area contributed by atoms with Crippen molar-refractivity contribution < 1.29 is 4.42 Å². The lowest BCUT2D eigenvalue weighted by Gasteiger charge is -1.93. The van der Waals surface area contributed by atoms with E-state index in [1.807, 2.05) is 23.9 Å². The Labute approximate surface area is 65.8 Å². The second kappa shape index (κ2) is 4.45. The molecule has 0 saturated heterocycles. The fraction of sp³-hybridized carbons (Fsp3) is 0.500. The molecule has 0 N–H and O–H groups in total. The smallest absolute Gasteiger partial charge is 0.113 e. The van der Waals surface area contributed by atoms with Gasteiger partial charge in [-0.15, -0.1) is 0 Å². The van der Waals surface area contributed by atoms with E-state index in [9.17, 15) is 0 Å². The maximum absolute atomic E-state index is 5.16. The molecule has 1 aromatic rings. The maximum atomic E-state index is 5.16. The zero-order valence-electron chi connectivity index (χ0n) is 6.17. The SMILES string of the molecule is CCCSCc1ccco1. The fourth-order valence-corrected chi connectivity index (χ4v) is 1.51. The summed E-state index contributed by atoms with van der Waals surface area (Å²) >= 11 is 1.92. The molecule has 0 atom stereocenters. The van der Waals surface area contributed by atoms with Gasteiger partial charge < -0.3 is 4.42 Å². The van der Waals surface area contributed by atoms with Crippen molar-refractivity contribution in [3.05, 3.63) is 24.2 Å². The third kappa shape index (κ3) is 2.48. The highest BCUT2D eigenvalue weighted by molar-refractivity contribution is 7.98. The quantitative estimate of drug-likeness (QED) is 0.622.